The zero-order valence-corrected chi connectivity index (χ0v) is 21.0. The van der Waals surface area contributed by atoms with Gasteiger partial charge in [-0.1, -0.05) is 29.5 Å². The van der Waals surface area contributed by atoms with Crippen LogP contribution in [0.1, 0.15) is 24.0 Å². The number of benzene rings is 2. The Balaban J connectivity index is 1.33. The van der Waals surface area contributed by atoms with E-state index in [4.69, 9.17) is 0 Å². The second-order valence-corrected chi connectivity index (χ2v) is 9.65. The largest absolute Gasteiger partial charge is 0.325 e. The highest BCUT2D eigenvalue weighted by molar-refractivity contribution is 7.99. The van der Waals surface area contributed by atoms with Crippen LogP contribution in [0.4, 0.5) is 11.4 Å². The number of aromatic nitrogens is 4. The first-order valence-corrected chi connectivity index (χ1v) is 12.7. The van der Waals surface area contributed by atoms with Gasteiger partial charge in [-0.2, -0.15) is 0 Å². The van der Waals surface area contributed by atoms with E-state index in [1.54, 1.807) is 17.3 Å². The molecule has 2 aromatic carbocycles. The number of carbonyl (C=O) groups is 2. The molecule has 2 amide bonds. The maximum Gasteiger partial charge on any atom is 0.234 e. The van der Waals surface area contributed by atoms with Crippen LogP contribution in [-0.4, -0.2) is 43.9 Å². The number of carbonyl (C=O) groups excluding carboxylic acids is 2. The van der Waals surface area contributed by atoms with Crippen LogP contribution in [0.15, 0.2) is 72.1 Å². The smallest absolute Gasteiger partial charge is 0.234 e. The molecule has 1 N–H and O–H groups in total. The summed E-state index contributed by atoms with van der Waals surface area (Å²) < 4.78 is 1.98. The summed E-state index contributed by atoms with van der Waals surface area (Å²) in [5, 5.41) is 12.4. The highest BCUT2D eigenvalue weighted by Gasteiger charge is 2.22. The van der Waals surface area contributed by atoms with Gasteiger partial charge in [-0.15, -0.1) is 10.2 Å². The topological polar surface area (TPSA) is 93.0 Å². The van der Waals surface area contributed by atoms with Gasteiger partial charge >= 0.3 is 0 Å². The quantitative estimate of drug-likeness (QED) is 0.368. The summed E-state index contributed by atoms with van der Waals surface area (Å²) in [5.41, 5.74) is 5.60. The van der Waals surface area contributed by atoms with E-state index in [9.17, 15) is 9.59 Å². The molecule has 1 saturated heterocycles. The van der Waals surface area contributed by atoms with Crippen LogP contribution in [-0.2, 0) is 9.59 Å². The SMILES string of the molecule is Cc1ccc(-n2c(SCC(=O)Nc3ccc(N4CCCC4=O)cc3)nnc2-c2cccnc2)c(C)c1. The van der Waals surface area contributed by atoms with Crippen molar-refractivity contribution >= 4 is 35.0 Å². The van der Waals surface area contributed by atoms with Crippen LogP contribution in [0.3, 0.4) is 0 Å². The van der Waals surface area contributed by atoms with Crippen molar-refractivity contribution in [2.75, 3.05) is 22.5 Å². The predicted molar refractivity (Wildman–Crippen MR) is 141 cm³/mol. The number of aryl methyl sites for hydroxylation is 2. The number of amides is 2. The van der Waals surface area contributed by atoms with E-state index in [1.807, 2.05) is 47.0 Å². The van der Waals surface area contributed by atoms with Crippen LogP contribution >= 0.6 is 11.8 Å². The Hall–Kier alpha value is -3.98. The number of rotatable bonds is 7. The van der Waals surface area contributed by atoms with E-state index in [1.165, 1.54) is 17.3 Å². The first-order valence-electron chi connectivity index (χ1n) is 11.8. The Morgan fingerprint density at radius 3 is 2.61 bits per heavy atom. The third kappa shape index (κ3) is 5.01. The standard InChI is InChI=1S/C27H26N6O2S/c1-18-7-12-23(19(2)15-18)33-26(20-5-3-13-28-16-20)30-31-27(33)36-17-24(34)29-21-8-10-22(11-9-21)32-14-4-6-25(32)35/h3,5,7-13,15-16H,4,6,14,17H2,1-2H3,(H,29,34). The lowest BCUT2D eigenvalue weighted by Gasteiger charge is -2.16. The first kappa shape index (κ1) is 23.7. The molecule has 1 aliphatic heterocycles. The van der Waals surface area contributed by atoms with Gasteiger partial charge in [0.2, 0.25) is 11.8 Å². The van der Waals surface area contributed by atoms with Gasteiger partial charge < -0.3 is 10.2 Å². The molecule has 0 spiro atoms. The van der Waals surface area contributed by atoms with Crippen molar-refractivity contribution in [1.29, 1.82) is 0 Å². The van der Waals surface area contributed by atoms with Crippen molar-refractivity contribution < 1.29 is 9.59 Å². The number of pyridine rings is 1. The zero-order chi connectivity index (χ0) is 25.1. The Kier molecular flexibility index (Phi) is 6.81. The van der Waals surface area contributed by atoms with Gasteiger partial charge in [-0.25, -0.2) is 0 Å². The number of nitrogens with one attached hydrogen (secondary N) is 1. The van der Waals surface area contributed by atoms with Gasteiger partial charge in [0.05, 0.1) is 11.4 Å². The van der Waals surface area contributed by atoms with E-state index < -0.39 is 0 Å². The average molecular weight is 499 g/mol. The number of anilines is 2. The molecule has 1 aliphatic rings. The molecule has 1 fully saturated rings. The van der Waals surface area contributed by atoms with Crippen LogP contribution < -0.4 is 10.2 Å². The van der Waals surface area contributed by atoms with Crippen molar-refractivity contribution in [2.24, 2.45) is 0 Å². The Labute approximate surface area is 213 Å². The summed E-state index contributed by atoms with van der Waals surface area (Å²) in [7, 11) is 0. The predicted octanol–water partition coefficient (Wildman–Crippen LogP) is 4.80. The fourth-order valence-corrected chi connectivity index (χ4v) is 5.04. The lowest BCUT2D eigenvalue weighted by molar-refractivity contribution is -0.117. The van der Waals surface area contributed by atoms with E-state index in [0.29, 0.717) is 23.1 Å². The minimum Gasteiger partial charge on any atom is -0.325 e. The summed E-state index contributed by atoms with van der Waals surface area (Å²) in [4.78, 5) is 30.7. The van der Waals surface area contributed by atoms with Crippen molar-refractivity contribution in [3.05, 3.63) is 78.1 Å². The molecular formula is C27H26N6O2S. The summed E-state index contributed by atoms with van der Waals surface area (Å²) in [6.45, 7) is 4.85. The van der Waals surface area contributed by atoms with Crippen molar-refractivity contribution in [3.8, 4) is 17.1 Å². The molecule has 0 radical (unpaired) electrons. The molecule has 0 aliphatic carbocycles. The molecule has 9 heteroatoms. The molecule has 182 valence electrons. The number of nitrogens with zero attached hydrogens (tertiary/aromatic N) is 5. The summed E-state index contributed by atoms with van der Waals surface area (Å²) in [5.74, 6) is 0.831. The third-order valence-electron chi connectivity index (χ3n) is 6.01. The molecule has 0 bridgehead atoms. The highest BCUT2D eigenvalue weighted by atomic mass is 32.2. The van der Waals surface area contributed by atoms with Crippen LogP contribution in [0.25, 0.3) is 17.1 Å². The molecular weight excluding hydrogens is 472 g/mol. The fourth-order valence-electron chi connectivity index (χ4n) is 4.29. The van der Waals surface area contributed by atoms with E-state index in [2.05, 4.69) is 46.5 Å². The molecule has 5 rings (SSSR count). The zero-order valence-electron chi connectivity index (χ0n) is 20.1. The van der Waals surface area contributed by atoms with Crippen molar-refractivity contribution in [1.82, 2.24) is 19.7 Å². The minimum absolute atomic E-state index is 0.141. The number of hydrogen-bond acceptors (Lipinski definition) is 6. The molecule has 36 heavy (non-hydrogen) atoms. The van der Waals surface area contributed by atoms with Gasteiger partial charge in [0.15, 0.2) is 11.0 Å². The Morgan fingerprint density at radius 1 is 1.08 bits per heavy atom. The summed E-state index contributed by atoms with van der Waals surface area (Å²) in [6.07, 6.45) is 4.94. The number of thioether (sulfide) groups is 1. The second kappa shape index (κ2) is 10.3. The van der Waals surface area contributed by atoms with Gasteiger partial charge in [0.25, 0.3) is 0 Å². The molecule has 0 unspecified atom stereocenters. The minimum atomic E-state index is -0.150. The lowest BCUT2D eigenvalue weighted by Crippen LogP contribution is -2.23. The van der Waals surface area contributed by atoms with E-state index >= 15 is 0 Å². The van der Waals surface area contributed by atoms with Gasteiger partial charge in [-0.05, 0) is 68.3 Å². The fraction of sp³-hybridized carbons (Fsp3) is 0.222. The van der Waals surface area contributed by atoms with Gasteiger partial charge in [0, 0.05) is 42.3 Å². The van der Waals surface area contributed by atoms with Gasteiger partial charge in [-0.3, -0.25) is 19.1 Å². The summed E-state index contributed by atoms with van der Waals surface area (Å²) in [6, 6.07) is 17.4. The Bertz CT molecular complexity index is 1400. The molecule has 4 aromatic rings. The Morgan fingerprint density at radius 2 is 1.92 bits per heavy atom. The van der Waals surface area contributed by atoms with Crippen LogP contribution in [0.2, 0.25) is 0 Å². The first-order chi connectivity index (χ1) is 17.5. The average Bonchev–Trinajstić information content (AvgIpc) is 3.50. The normalized spacial score (nSPS) is 13.3. The van der Waals surface area contributed by atoms with Crippen molar-refractivity contribution in [2.45, 2.75) is 31.8 Å². The third-order valence-corrected chi connectivity index (χ3v) is 6.94. The molecule has 0 saturated carbocycles. The number of hydrogen-bond donors (Lipinski definition) is 1. The van der Waals surface area contributed by atoms with Crippen LogP contribution in [0, 0.1) is 13.8 Å². The lowest BCUT2D eigenvalue weighted by atomic mass is 10.1. The maximum absolute atomic E-state index is 12.8. The monoisotopic (exact) mass is 498 g/mol. The molecule has 2 aromatic heterocycles. The molecule has 0 atom stereocenters. The molecule has 8 nitrogen and oxygen atoms in total. The maximum atomic E-state index is 12.8. The van der Waals surface area contributed by atoms with E-state index in [-0.39, 0.29) is 17.6 Å². The van der Waals surface area contributed by atoms with Crippen LogP contribution in [0.5, 0.6) is 0 Å². The van der Waals surface area contributed by atoms with Gasteiger partial charge in [0.1, 0.15) is 0 Å². The van der Waals surface area contributed by atoms with Crippen molar-refractivity contribution in [3.63, 3.8) is 0 Å². The summed E-state index contributed by atoms with van der Waals surface area (Å²) >= 11 is 1.33. The van der Waals surface area contributed by atoms with E-state index in [0.717, 1.165) is 35.5 Å². The second-order valence-electron chi connectivity index (χ2n) is 8.71. The highest BCUT2D eigenvalue weighted by Crippen LogP contribution is 2.30. The molecule has 3 heterocycles.